The zero-order valence-corrected chi connectivity index (χ0v) is 15.7. The highest BCUT2D eigenvalue weighted by Gasteiger charge is 2.38. The molecule has 1 aromatic heterocycles. The van der Waals surface area contributed by atoms with E-state index in [-0.39, 0.29) is 12.5 Å². The van der Waals surface area contributed by atoms with Gasteiger partial charge in [0.25, 0.3) is 0 Å². The van der Waals surface area contributed by atoms with Crippen LogP contribution in [0.1, 0.15) is 31.5 Å². The zero-order valence-electron chi connectivity index (χ0n) is 15.7. The first-order chi connectivity index (χ1) is 12.6. The molecule has 7 nitrogen and oxygen atoms in total. The van der Waals surface area contributed by atoms with E-state index in [0.29, 0.717) is 18.7 Å². The van der Waals surface area contributed by atoms with Crippen LogP contribution in [-0.4, -0.2) is 71.4 Å². The van der Waals surface area contributed by atoms with Gasteiger partial charge in [-0.2, -0.15) is 18.3 Å². The quantitative estimate of drug-likeness (QED) is 0.567. The third-order valence-electron chi connectivity index (χ3n) is 4.40. The van der Waals surface area contributed by atoms with Crippen LogP contribution in [0, 0.1) is 5.92 Å². The fourth-order valence-corrected chi connectivity index (χ4v) is 2.99. The Labute approximate surface area is 156 Å². The molecular weight excluding hydrogens is 365 g/mol. The number of aromatic nitrogens is 2. The SMILES string of the molecule is C[C@@H]1CC[C@@H](c2ccn(CCN(C)C)n2)N(C(=O)C(=O)OCC(F)(F)F)C1. The van der Waals surface area contributed by atoms with E-state index in [0.717, 1.165) is 13.0 Å². The number of ether oxygens (including phenoxy) is 1. The van der Waals surface area contributed by atoms with E-state index in [2.05, 4.69) is 9.84 Å². The van der Waals surface area contributed by atoms with Crippen LogP contribution in [-0.2, 0) is 20.9 Å². The molecule has 0 aromatic carbocycles. The lowest BCUT2D eigenvalue weighted by atomic mass is 9.92. The summed E-state index contributed by atoms with van der Waals surface area (Å²) in [6.07, 6.45) is -1.46. The number of likely N-dealkylation sites (N-methyl/N-ethyl adjacent to an activating group) is 1. The van der Waals surface area contributed by atoms with Crippen LogP contribution in [0.25, 0.3) is 0 Å². The maximum Gasteiger partial charge on any atom is 0.422 e. The molecule has 152 valence electrons. The summed E-state index contributed by atoms with van der Waals surface area (Å²) in [4.78, 5) is 27.5. The topological polar surface area (TPSA) is 67.7 Å². The fourth-order valence-electron chi connectivity index (χ4n) is 2.99. The molecular formula is C17H25F3N4O3. The zero-order chi connectivity index (χ0) is 20.2. The molecule has 1 amide bonds. The number of piperidine rings is 1. The van der Waals surface area contributed by atoms with E-state index in [1.165, 1.54) is 4.90 Å². The van der Waals surface area contributed by atoms with Crippen LogP contribution in [0.2, 0.25) is 0 Å². The Morgan fingerprint density at radius 1 is 1.33 bits per heavy atom. The highest BCUT2D eigenvalue weighted by atomic mass is 19.4. The minimum absolute atomic E-state index is 0.136. The number of hydrogen-bond donors (Lipinski definition) is 0. The molecule has 2 heterocycles. The Bertz CT molecular complexity index is 660. The second-order valence-corrected chi connectivity index (χ2v) is 7.15. The maximum absolute atomic E-state index is 12.4. The Balaban J connectivity index is 2.09. The lowest BCUT2D eigenvalue weighted by Gasteiger charge is -2.37. The van der Waals surface area contributed by atoms with Gasteiger partial charge >= 0.3 is 18.1 Å². The van der Waals surface area contributed by atoms with Crippen molar-refractivity contribution >= 4 is 11.9 Å². The largest absolute Gasteiger partial charge is 0.449 e. The van der Waals surface area contributed by atoms with Gasteiger partial charge in [0.05, 0.1) is 18.3 Å². The molecule has 2 atom stereocenters. The van der Waals surface area contributed by atoms with Gasteiger partial charge in [-0.3, -0.25) is 9.48 Å². The van der Waals surface area contributed by atoms with Crippen molar-refractivity contribution in [3.05, 3.63) is 18.0 Å². The summed E-state index contributed by atoms with van der Waals surface area (Å²) in [6, 6.07) is 1.32. The molecule has 0 aliphatic carbocycles. The molecule has 1 aliphatic heterocycles. The molecule has 0 spiro atoms. The molecule has 1 aliphatic rings. The summed E-state index contributed by atoms with van der Waals surface area (Å²) in [7, 11) is 3.89. The van der Waals surface area contributed by atoms with Crippen molar-refractivity contribution < 1.29 is 27.5 Å². The average molecular weight is 390 g/mol. The van der Waals surface area contributed by atoms with Gasteiger partial charge in [-0.1, -0.05) is 6.92 Å². The third kappa shape index (κ3) is 6.23. The van der Waals surface area contributed by atoms with Crippen LogP contribution in [0.3, 0.4) is 0 Å². The Morgan fingerprint density at radius 2 is 2.04 bits per heavy atom. The summed E-state index contributed by atoms with van der Waals surface area (Å²) < 4.78 is 42.6. The van der Waals surface area contributed by atoms with E-state index in [1.54, 1.807) is 16.9 Å². The summed E-state index contributed by atoms with van der Waals surface area (Å²) in [5, 5.41) is 4.47. The Morgan fingerprint density at radius 3 is 2.67 bits per heavy atom. The maximum atomic E-state index is 12.4. The highest BCUT2D eigenvalue weighted by molar-refractivity contribution is 6.32. The van der Waals surface area contributed by atoms with Gasteiger partial charge in [-0.15, -0.1) is 0 Å². The second kappa shape index (κ2) is 8.73. The third-order valence-corrected chi connectivity index (χ3v) is 4.40. The highest BCUT2D eigenvalue weighted by Crippen LogP contribution is 2.32. The minimum Gasteiger partial charge on any atom is -0.449 e. The van der Waals surface area contributed by atoms with Crippen molar-refractivity contribution in [2.75, 3.05) is 33.8 Å². The van der Waals surface area contributed by atoms with Gasteiger partial charge in [0.15, 0.2) is 6.61 Å². The molecule has 0 radical (unpaired) electrons. The lowest BCUT2D eigenvalue weighted by Crippen LogP contribution is -2.46. The number of amides is 1. The van der Waals surface area contributed by atoms with Gasteiger partial charge in [-0.25, -0.2) is 4.79 Å². The molecule has 0 saturated carbocycles. The van der Waals surface area contributed by atoms with Gasteiger partial charge in [0, 0.05) is 19.3 Å². The van der Waals surface area contributed by atoms with Crippen LogP contribution in [0.15, 0.2) is 12.3 Å². The number of nitrogens with zero attached hydrogens (tertiary/aromatic N) is 4. The van der Waals surface area contributed by atoms with E-state index >= 15 is 0 Å². The number of likely N-dealkylation sites (tertiary alicyclic amines) is 1. The standard InChI is InChI=1S/C17H25F3N4O3/c1-12-4-5-14(13-6-7-23(21-13)9-8-22(2)3)24(10-12)15(25)16(26)27-11-17(18,19)20/h6-7,12,14H,4-5,8-11H2,1-3H3/t12-,14+/m1/s1. The molecule has 1 aromatic rings. The summed E-state index contributed by atoms with van der Waals surface area (Å²) in [5.74, 6) is -2.41. The predicted octanol–water partition coefficient (Wildman–Crippen LogP) is 1.85. The number of esters is 1. The van der Waals surface area contributed by atoms with Crippen molar-refractivity contribution in [3.8, 4) is 0 Å². The first-order valence-electron chi connectivity index (χ1n) is 8.79. The monoisotopic (exact) mass is 390 g/mol. The molecule has 1 saturated heterocycles. The summed E-state index contributed by atoms with van der Waals surface area (Å²) in [5.41, 5.74) is 0.623. The molecule has 10 heteroatoms. The number of alkyl halides is 3. The van der Waals surface area contributed by atoms with Crippen LogP contribution < -0.4 is 0 Å². The number of carbonyl (C=O) groups is 2. The van der Waals surface area contributed by atoms with Crippen LogP contribution in [0.4, 0.5) is 13.2 Å². The Hall–Kier alpha value is -2.10. The first-order valence-corrected chi connectivity index (χ1v) is 8.79. The van der Waals surface area contributed by atoms with Crippen molar-refractivity contribution in [1.29, 1.82) is 0 Å². The predicted molar refractivity (Wildman–Crippen MR) is 90.6 cm³/mol. The van der Waals surface area contributed by atoms with E-state index in [1.807, 2.05) is 25.9 Å². The lowest BCUT2D eigenvalue weighted by molar-refractivity contribution is -0.190. The van der Waals surface area contributed by atoms with Crippen LogP contribution >= 0.6 is 0 Å². The van der Waals surface area contributed by atoms with Crippen molar-refractivity contribution in [1.82, 2.24) is 19.6 Å². The van der Waals surface area contributed by atoms with Gasteiger partial charge in [0.1, 0.15) is 0 Å². The van der Waals surface area contributed by atoms with Gasteiger partial charge < -0.3 is 14.5 Å². The summed E-state index contributed by atoms with van der Waals surface area (Å²) >= 11 is 0. The molecule has 27 heavy (non-hydrogen) atoms. The molecule has 0 N–H and O–H groups in total. The molecule has 2 rings (SSSR count). The first kappa shape index (κ1) is 21.2. The molecule has 0 bridgehead atoms. The van der Waals surface area contributed by atoms with E-state index in [9.17, 15) is 22.8 Å². The van der Waals surface area contributed by atoms with Gasteiger partial charge in [0.2, 0.25) is 0 Å². The smallest absolute Gasteiger partial charge is 0.422 e. The fraction of sp³-hybridized carbons (Fsp3) is 0.706. The summed E-state index contributed by atoms with van der Waals surface area (Å²) in [6.45, 7) is 1.88. The number of halogens is 3. The normalized spacial score (nSPS) is 20.8. The number of rotatable bonds is 5. The van der Waals surface area contributed by atoms with Gasteiger partial charge in [-0.05, 0) is 38.9 Å². The Kier molecular flexibility index (Phi) is 6.85. The minimum atomic E-state index is -4.67. The molecule has 0 unspecified atom stereocenters. The molecule has 1 fully saturated rings. The van der Waals surface area contributed by atoms with Crippen molar-refractivity contribution in [3.63, 3.8) is 0 Å². The average Bonchev–Trinajstić information content (AvgIpc) is 3.05. The second-order valence-electron chi connectivity index (χ2n) is 7.15. The van der Waals surface area contributed by atoms with Crippen molar-refractivity contribution in [2.24, 2.45) is 5.92 Å². The van der Waals surface area contributed by atoms with Crippen LogP contribution in [0.5, 0.6) is 0 Å². The van der Waals surface area contributed by atoms with E-state index in [4.69, 9.17) is 0 Å². The number of carbonyl (C=O) groups excluding carboxylic acids is 2. The van der Waals surface area contributed by atoms with Crippen molar-refractivity contribution in [2.45, 2.75) is 38.5 Å². The van der Waals surface area contributed by atoms with E-state index < -0.39 is 30.7 Å². The number of hydrogen-bond acceptors (Lipinski definition) is 5.